The average Bonchev–Trinajstić information content (AvgIpc) is 2.80. The molecule has 0 saturated carbocycles. The normalized spacial score (nSPS) is 17.0. The Balaban J connectivity index is 1.42. The van der Waals surface area contributed by atoms with Crippen LogP contribution in [-0.4, -0.2) is 63.2 Å². The molecule has 1 N–H and O–H groups in total. The summed E-state index contributed by atoms with van der Waals surface area (Å²) in [6.07, 6.45) is -0.0834. The molecule has 8 nitrogen and oxygen atoms in total. The third kappa shape index (κ3) is 4.61. The number of hydrogen-bond acceptors (Lipinski definition) is 6. The van der Waals surface area contributed by atoms with Gasteiger partial charge in [0.25, 0.3) is 5.91 Å². The minimum atomic E-state index is -3.77. The number of carbonyl (C=O) groups excluding carboxylic acids is 2. The number of ether oxygens (including phenoxy) is 1. The Hall–Kier alpha value is -3.07. The van der Waals surface area contributed by atoms with Gasteiger partial charge in [-0.05, 0) is 56.5 Å². The molecule has 2 aliphatic rings. The number of amides is 2. The van der Waals surface area contributed by atoms with Gasteiger partial charge in [-0.1, -0.05) is 12.1 Å². The largest absolute Gasteiger partial charge is 0.482 e. The Kier molecular flexibility index (Phi) is 6.58. The van der Waals surface area contributed by atoms with Crippen LogP contribution >= 0.6 is 0 Å². The van der Waals surface area contributed by atoms with Crippen LogP contribution < -0.4 is 15.0 Å². The zero-order valence-corrected chi connectivity index (χ0v) is 20.9. The molecule has 1 fully saturated rings. The summed E-state index contributed by atoms with van der Waals surface area (Å²) in [6, 6.07) is 9.28. The highest BCUT2D eigenvalue weighted by Gasteiger charge is 2.32. The number of nitrogens with zero attached hydrogens (tertiary/aromatic N) is 2. The molecular formula is C25H31N3O5S. The molecule has 9 heteroatoms. The van der Waals surface area contributed by atoms with Crippen LogP contribution in [-0.2, 0) is 19.4 Å². The van der Waals surface area contributed by atoms with Crippen LogP contribution in [0.1, 0.15) is 30.0 Å². The third-order valence-electron chi connectivity index (χ3n) is 6.76. The summed E-state index contributed by atoms with van der Waals surface area (Å²) >= 11 is 0. The Morgan fingerprint density at radius 2 is 1.79 bits per heavy atom. The summed E-state index contributed by atoms with van der Waals surface area (Å²) in [6.45, 7) is 9.83. The highest BCUT2D eigenvalue weighted by Crippen LogP contribution is 2.34. The number of nitrogens with one attached hydrogen (secondary N) is 1. The fourth-order valence-corrected chi connectivity index (χ4v) is 6.07. The number of piperazine rings is 1. The van der Waals surface area contributed by atoms with E-state index in [9.17, 15) is 18.0 Å². The number of fused-ring (bicyclic) bond motifs is 1. The number of carbonyl (C=O) groups is 2. The number of rotatable bonds is 5. The van der Waals surface area contributed by atoms with Gasteiger partial charge in [0.15, 0.2) is 16.4 Å². The van der Waals surface area contributed by atoms with Crippen molar-refractivity contribution < 1.29 is 22.7 Å². The van der Waals surface area contributed by atoms with Crippen molar-refractivity contribution in [3.8, 4) is 5.75 Å². The smallest absolute Gasteiger partial charge is 0.262 e. The first kappa shape index (κ1) is 24.1. The van der Waals surface area contributed by atoms with E-state index in [1.165, 1.54) is 22.9 Å². The standard InChI is InChI=1S/C25H31N3O5S/c1-16-6-5-7-21(19(16)4)27-8-10-28(11-9-27)25(30)13-18(3)34(31,32)23-14-22-20(12-17(23)2)26-24(29)15-33-22/h5-7,12,14,18H,8-11,13,15H2,1-4H3,(H,26,29)/t18-/m1/s1. The molecule has 182 valence electrons. The van der Waals surface area contributed by atoms with Crippen molar-refractivity contribution in [2.45, 2.75) is 44.3 Å². The highest BCUT2D eigenvalue weighted by molar-refractivity contribution is 7.92. The van der Waals surface area contributed by atoms with Crippen molar-refractivity contribution in [1.82, 2.24) is 4.90 Å². The zero-order valence-electron chi connectivity index (χ0n) is 20.1. The molecule has 0 aromatic heterocycles. The molecule has 2 aromatic carbocycles. The summed E-state index contributed by atoms with van der Waals surface area (Å²) in [7, 11) is -3.77. The molecule has 2 aromatic rings. The lowest BCUT2D eigenvalue weighted by Gasteiger charge is -2.37. The molecule has 0 unspecified atom stereocenters. The maximum atomic E-state index is 13.3. The summed E-state index contributed by atoms with van der Waals surface area (Å²) in [5.41, 5.74) is 4.62. The average molecular weight is 486 g/mol. The second-order valence-electron chi connectivity index (χ2n) is 9.10. The third-order valence-corrected chi connectivity index (χ3v) is 9.04. The van der Waals surface area contributed by atoms with E-state index in [0.29, 0.717) is 43.2 Å². The van der Waals surface area contributed by atoms with E-state index in [1.807, 2.05) is 6.07 Å². The molecular weight excluding hydrogens is 454 g/mol. The molecule has 1 atom stereocenters. The van der Waals surface area contributed by atoms with Gasteiger partial charge < -0.3 is 19.9 Å². The fourth-order valence-electron chi connectivity index (χ4n) is 4.50. The first-order valence-corrected chi connectivity index (χ1v) is 13.0. The second kappa shape index (κ2) is 9.29. The van der Waals surface area contributed by atoms with Gasteiger partial charge in [-0.3, -0.25) is 9.59 Å². The summed E-state index contributed by atoms with van der Waals surface area (Å²) in [4.78, 5) is 28.7. The maximum absolute atomic E-state index is 13.3. The van der Waals surface area contributed by atoms with E-state index in [4.69, 9.17) is 4.74 Å². The van der Waals surface area contributed by atoms with Crippen LogP contribution in [0.25, 0.3) is 0 Å². The van der Waals surface area contributed by atoms with Crippen LogP contribution in [0.15, 0.2) is 35.2 Å². The van der Waals surface area contributed by atoms with Gasteiger partial charge >= 0.3 is 0 Å². The van der Waals surface area contributed by atoms with E-state index < -0.39 is 15.1 Å². The predicted octanol–water partition coefficient (Wildman–Crippen LogP) is 2.84. The van der Waals surface area contributed by atoms with E-state index >= 15 is 0 Å². The van der Waals surface area contributed by atoms with E-state index in [0.717, 1.165) is 0 Å². The molecule has 1 saturated heterocycles. The summed E-state index contributed by atoms with van der Waals surface area (Å²) < 4.78 is 32.0. The first-order valence-electron chi connectivity index (χ1n) is 11.5. The minimum Gasteiger partial charge on any atom is -0.482 e. The molecule has 0 aliphatic carbocycles. The SMILES string of the molecule is Cc1cc2c(cc1S(=O)(=O)[C@H](C)CC(=O)N1CCN(c3cccc(C)c3C)CC1)OCC(=O)N2. The van der Waals surface area contributed by atoms with Crippen LogP contribution in [0.5, 0.6) is 5.75 Å². The van der Waals surface area contributed by atoms with Crippen LogP contribution in [0.3, 0.4) is 0 Å². The molecule has 2 amide bonds. The monoisotopic (exact) mass is 485 g/mol. The van der Waals surface area contributed by atoms with E-state index in [2.05, 4.69) is 36.2 Å². The Labute approximate surface area is 200 Å². The highest BCUT2D eigenvalue weighted by atomic mass is 32.2. The van der Waals surface area contributed by atoms with Gasteiger partial charge in [0.2, 0.25) is 5.91 Å². The molecule has 34 heavy (non-hydrogen) atoms. The van der Waals surface area contributed by atoms with Crippen LogP contribution in [0.2, 0.25) is 0 Å². The Bertz CT molecular complexity index is 1230. The zero-order chi connectivity index (χ0) is 24.6. The molecule has 0 spiro atoms. The van der Waals surface area contributed by atoms with Gasteiger partial charge in [-0.15, -0.1) is 0 Å². The molecule has 0 bridgehead atoms. The molecule has 4 rings (SSSR count). The second-order valence-corrected chi connectivity index (χ2v) is 11.4. The number of benzene rings is 2. The van der Waals surface area contributed by atoms with E-state index in [-0.39, 0.29) is 29.7 Å². The number of hydrogen-bond donors (Lipinski definition) is 1. The number of anilines is 2. The molecule has 0 radical (unpaired) electrons. The molecule has 2 aliphatic heterocycles. The maximum Gasteiger partial charge on any atom is 0.262 e. The van der Waals surface area contributed by atoms with Crippen molar-refractivity contribution in [3.63, 3.8) is 0 Å². The molecule has 2 heterocycles. The van der Waals surface area contributed by atoms with Gasteiger partial charge in [0.05, 0.1) is 15.8 Å². The van der Waals surface area contributed by atoms with Gasteiger partial charge in [-0.25, -0.2) is 8.42 Å². The van der Waals surface area contributed by atoms with Gasteiger partial charge in [-0.2, -0.15) is 0 Å². The van der Waals surface area contributed by atoms with Crippen molar-refractivity contribution in [2.75, 3.05) is 43.0 Å². The first-order chi connectivity index (χ1) is 16.1. The lowest BCUT2D eigenvalue weighted by atomic mass is 10.1. The quantitative estimate of drug-likeness (QED) is 0.700. The Morgan fingerprint density at radius 1 is 1.09 bits per heavy atom. The van der Waals surface area contributed by atoms with Crippen LogP contribution in [0, 0.1) is 20.8 Å². The van der Waals surface area contributed by atoms with Crippen LogP contribution in [0.4, 0.5) is 11.4 Å². The van der Waals surface area contributed by atoms with Crippen molar-refractivity contribution in [2.24, 2.45) is 0 Å². The lowest BCUT2D eigenvalue weighted by molar-refractivity contribution is -0.131. The van der Waals surface area contributed by atoms with Gasteiger partial charge in [0.1, 0.15) is 5.75 Å². The van der Waals surface area contributed by atoms with E-state index in [1.54, 1.807) is 24.8 Å². The number of aryl methyl sites for hydroxylation is 2. The topological polar surface area (TPSA) is 96.0 Å². The van der Waals surface area contributed by atoms with Crippen molar-refractivity contribution in [3.05, 3.63) is 47.0 Å². The minimum absolute atomic E-state index is 0.0834. The summed E-state index contributed by atoms with van der Waals surface area (Å²) in [5.74, 6) is -0.111. The van der Waals surface area contributed by atoms with Crippen molar-refractivity contribution in [1.29, 1.82) is 0 Å². The Morgan fingerprint density at radius 3 is 2.50 bits per heavy atom. The predicted molar refractivity (Wildman–Crippen MR) is 131 cm³/mol. The summed E-state index contributed by atoms with van der Waals surface area (Å²) in [5, 5.41) is 1.80. The lowest BCUT2D eigenvalue weighted by Crippen LogP contribution is -2.49. The fraction of sp³-hybridized carbons (Fsp3) is 0.440. The van der Waals surface area contributed by atoms with Gasteiger partial charge in [0, 0.05) is 44.4 Å². The number of sulfone groups is 1. The van der Waals surface area contributed by atoms with Crippen molar-refractivity contribution >= 4 is 33.0 Å².